The molecule has 0 unspecified atom stereocenters. The van der Waals surface area contributed by atoms with E-state index in [2.05, 4.69) is 30.3 Å². The first-order valence-electron chi connectivity index (χ1n) is 10.1. The van der Waals surface area contributed by atoms with Gasteiger partial charge in [-0.1, -0.05) is 72.8 Å². The zero-order chi connectivity index (χ0) is 20.8. The molecule has 4 nitrogen and oxygen atoms in total. The lowest BCUT2D eigenvalue weighted by Crippen LogP contribution is -2.38. The zero-order valence-corrected chi connectivity index (χ0v) is 17.9. The molecule has 30 heavy (non-hydrogen) atoms. The fraction of sp³-hybridized carbons (Fsp3) is 0.200. The molecule has 4 aromatic rings. The number of fused-ring (bicyclic) bond motifs is 1. The van der Waals surface area contributed by atoms with Gasteiger partial charge in [-0.25, -0.2) is 4.98 Å². The molecule has 0 radical (unpaired) electrons. The van der Waals surface area contributed by atoms with Gasteiger partial charge >= 0.3 is 0 Å². The van der Waals surface area contributed by atoms with Crippen LogP contribution in [0.25, 0.3) is 10.2 Å². The van der Waals surface area contributed by atoms with Gasteiger partial charge in [-0.2, -0.15) is 0 Å². The van der Waals surface area contributed by atoms with Gasteiger partial charge in [0.05, 0.1) is 23.3 Å². The van der Waals surface area contributed by atoms with Crippen molar-refractivity contribution in [2.24, 2.45) is 0 Å². The molecule has 5 heteroatoms. The second-order valence-electron chi connectivity index (χ2n) is 7.47. The highest BCUT2D eigenvalue weighted by molar-refractivity contribution is 7.18. The Labute approximate surface area is 181 Å². The van der Waals surface area contributed by atoms with Crippen LogP contribution < -0.4 is 0 Å². The summed E-state index contributed by atoms with van der Waals surface area (Å²) in [6.07, 6.45) is 0. The Bertz CT molecular complexity index is 1020. The molecule has 0 saturated carbocycles. The van der Waals surface area contributed by atoms with Crippen LogP contribution in [0.2, 0.25) is 0 Å². The molecule has 152 valence electrons. The minimum absolute atomic E-state index is 0.117. The number of carbonyl (C=O) groups is 1. The van der Waals surface area contributed by atoms with Crippen molar-refractivity contribution < 1.29 is 4.79 Å². The lowest BCUT2D eigenvalue weighted by atomic mass is 10.1. The third-order valence-corrected chi connectivity index (χ3v) is 5.95. The number of hydrogen-bond donors (Lipinski definition) is 0. The van der Waals surface area contributed by atoms with Crippen LogP contribution in [-0.2, 0) is 24.4 Å². The van der Waals surface area contributed by atoms with Crippen molar-refractivity contribution in [3.8, 4) is 0 Å². The second-order valence-corrected chi connectivity index (χ2v) is 8.58. The summed E-state index contributed by atoms with van der Waals surface area (Å²) in [6.45, 7) is 2.22. The maximum absolute atomic E-state index is 13.2. The topological polar surface area (TPSA) is 36.4 Å². The van der Waals surface area contributed by atoms with Crippen LogP contribution in [0.3, 0.4) is 0 Å². The van der Waals surface area contributed by atoms with Crippen LogP contribution in [0.1, 0.15) is 16.1 Å². The normalized spacial score (nSPS) is 11.1. The molecule has 0 aliphatic heterocycles. The molecule has 0 bridgehead atoms. The van der Waals surface area contributed by atoms with E-state index in [0.717, 1.165) is 21.7 Å². The van der Waals surface area contributed by atoms with Crippen LogP contribution in [0.4, 0.5) is 0 Å². The van der Waals surface area contributed by atoms with Crippen LogP contribution in [-0.4, -0.2) is 34.3 Å². The molecule has 0 N–H and O–H groups in total. The van der Waals surface area contributed by atoms with Crippen molar-refractivity contribution in [1.29, 1.82) is 0 Å². The molecule has 4 rings (SSSR count). The van der Waals surface area contributed by atoms with E-state index in [1.165, 1.54) is 4.70 Å². The van der Waals surface area contributed by atoms with E-state index in [0.29, 0.717) is 26.2 Å². The van der Waals surface area contributed by atoms with Crippen LogP contribution in [0.15, 0.2) is 84.9 Å². The standard InChI is InChI=1S/C25H25N3OS/c1-27(18-24-26-22-14-8-9-15-23(22)30-24)19-25(29)28(16-20-10-4-2-5-11-20)17-21-12-6-3-7-13-21/h2-15H,16-19H2,1H3. The van der Waals surface area contributed by atoms with Gasteiger partial charge in [-0.15, -0.1) is 11.3 Å². The van der Waals surface area contributed by atoms with Crippen LogP contribution in [0, 0.1) is 0 Å². The first-order chi connectivity index (χ1) is 14.7. The number of amides is 1. The molecule has 0 spiro atoms. The van der Waals surface area contributed by atoms with Crippen molar-refractivity contribution in [2.45, 2.75) is 19.6 Å². The average molecular weight is 416 g/mol. The monoisotopic (exact) mass is 415 g/mol. The van der Waals surface area contributed by atoms with E-state index in [9.17, 15) is 4.79 Å². The number of likely N-dealkylation sites (N-methyl/N-ethyl adjacent to an activating group) is 1. The average Bonchev–Trinajstić information content (AvgIpc) is 3.17. The summed E-state index contributed by atoms with van der Waals surface area (Å²) >= 11 is 1.69. The van der Waals surface area contributed by atoms with Crippen LogP contribution >= 0.6 is 11.3 Å². The predicted molar refractivity (Wildman–Crippen MR) is 123 cm³/mol. The van der Waals surface area contributed by atoms with E-state index in [1.54, 1.807) is 11.3 Å². The van der Waals surface area contributed by atoms with E-state index < -0.39 is 0 Å². The maximum atomic E-state index is 13.2. The summed E-state index contributed by atoms with van der Waals surface area (Å²) in [4.78, 5) is 21.9. The van der Waals surface area contributed by atoms with Crippen molar-refractivity contribution in [2.75, 3.05) is 13.6 Å². The van der Waals surface area contributed by atoms with Gasteiger partial charge in [0.1, 0.15) is 5.01 Å². The van der Waals surface area contributed by atoms with Gasteiger partial charge < -0.3 is 4.90 Å². The first-order valence-corrected chi connectivity index (χ1v) is 10.9. The number of rotatable bonds is 8. The highest BCUT2D eigenvalue weighted by Crippen LogP contribution is 2.22. The van der Waals surface area contributed by atoms with Gasteiger partial charge in [0.25, 0.3) is 0 Å². The number of benzene rings is 3. The van der Waals surface area contributed by atoms with E-state index >= 15 is 0 Å². The lowest BCUT2D eigenvalue weighted by Gasteiger charge is -2.25. The minimum Gasteiger partial charge on any atom is -0.333 e. The molecule has 0 aliphatic rings. The van der Waals surface area contributed by atoms with Gasteiger partial charge in [-0.05, 0) is 30.3 Å². The van der Waals surface area contributed by atoms with Gasteiger partial charge in [0, 0.05) is 13.1 Å². The molecule has 1 aromatic heterocycles. The smallest absolute Gasteiger partial charge is 0.237 e. The highest BCUT2D eigenvalue weighted by atomic mass is 32.1. The van der Waals surface area contributed by atoms with Gasteiger partial charge in [0.2, 0.25) is 5.91 Å². The largest absolute Gasteiger partial charge is 0.333 e. The van der Waals surface area contributed by atoms with Crippen molar-refractivity contribution in [3.05, 3.63) is 101 Å². The van der Waals surface area contributed by atoms with Crippen molar-refractivity contribution >= 4 is 27.5 Å². The van der Waals surface area contributed by atoms with Gasteiger partial charge in [0.15, 0.2) is 0 Å². The summed E-state index contributed by atoms with van der Waals surface area (Å²) in [5, 5.41) is 1.03. The van der Waals surface area contributed by atoms with E-state index in [1.807, 2.05) is 71.4 Å². The lowest BCUT2D eigenvalue weighted by molar-refractivity contribution is -0.133. The number of carbonyl (C=O) groups excluding carboxylic acids is 1. The third kappa shape index (κ3) is 5.32. The number of thiazole rings is 1. The summed E-state index contributed by atoms with van der Waals surface area (Å²) < 4.78 is 1.18. The molecule has 1 amide bonds. The number of nitrogens with zero attached hydrogens (tertiary/aromatic N) is 3. The van der Waals surface area contributed by atoms with Crippen LogP contribution in [0.5, 0.6) is 0 Å². The van der Waals surface area contributed by atoms with E-state index in [-0.39, 0.29) is 5.91 Å². The summed E-state index contributed by atoms with van der Waals surface area (Å²) in [7, 11) is 1.98. The Morgan fingerprint density at radius 1 is 0.800 bits per heavy atom. The fourth-order valence-corrected chi connectivity index (χ4v) is 4.49. The van der Waals surface area contributed by atoms with E-state index in [4.69, 9.17) is 4.98 Å². The minimum atomic E-state index is 0.117. The van der Waals surface area contributed by atoms with Crippen molar-refractivity contribution in [3.63, 3.8) is 0 Å². The van der Waals surface area contributed by atoms with Gasteiger partial charge in [-0.3, -0.25) is 9.69 Å². The third-order valence-electron chi connectivity index (χ3n) is 4.93. The van der Waals surface area contributed by atoms with Crippen molar-refractivity contribution in [1.82, 2.24) is 14.8 Å². The Kier molecular flexibility index (Phi) is 6.52. The Morgan fingerprint density at radius 3 is 1.97 bits per heavy atom. The molecular weight excluding hydrogens is 390 g/mol. The fourth-order valence-electron chi connectivity index (χ4n) is 3.45. The maximum Gasteiger partial charge on any atom is 0.237 e. The number of hydrogen-bond acceptors (Lipinski definition) is 4. The molecule has 0 saturated heterocycles. The Hall–Kier alpha value is -3.02. The summed E-state index contributed by atoms with van der Waals surface area (Å²) in [6, 6.07) is 28.5. The predicted octanol–water partition coefficient (Wildman–Crippen LogP) is 4.96. The number of para-hydroxylation sites is 1. The molecule has 3 aromatic carbocycles. The SMILES string of the molecule is CN(CC(=O)N(Cc1ccccc1)Cc1ccccc1)Cc1nc2ccccc2s1. The second kappa shape index (κ2) is 9.65. The Morgan fingerprint density at radius 2 is 1.37 bits per heavy atom. The molecular formula is C25H25N3OS. The summed E-state index contributed by atoms with van der Waals surface area (Å²) in [5.74, 6) is 0.117. The first kappa shape index (κ1) is 20.3. The quantitative estimate of drug-likeness (QED) is 0.408. The number of aromatic nitrogens is 1. The molecule has 0 aliphatic carbocycles. The summed E-state index contributed by atoms with van der Waals surface area (Å²) in [5.41, 5.74) is 3.29. The molecule has 0 atom stereocenters. The molecule has 0 fully saturated rings. The molecule has 1 heterocycles. The highest BCUT2D eigenvalue weighted by Gasteiger charge is 2.17. The Balaban J connectivity index is 1.44. The zero-order valence-electron chi connectivity index (χ0n) is 17.1.